The van der Waals surface area contributed by atoms with Crippen LogP contribution in [0.5, 0.6) is 11.8 Å². The molecule has 0 spiro atoms. The van der Waals surface area contributed by atoms with Crippen molar-refractivity contribution in [3.05, 3.63) is 40.9 Å². The molecular formula is C16H17N3O3S. The molecule has 2 aromatic heterocycles. The van der Waals surface area contributed by atoms with Gasteiger partial charge in [-0.15, -0.1) is 11.3 Å². The van der Waals surface area contributed by atoms with E-state index in [4.69, 9.17) is 9.47 Å². The van der Waals surface area contributed by atoms with Crippen LogP contribution in [0.1, 0.15) is 11.3 Å². The summed E-state index contributed by atoms with van der Waals surface area (Å²) < 4.78 is 10.8. The number of ether oxygens (including phenoxy) is 2. The molecule has 6 nitrogen and oxygen atoms in total. The van der Waals surface area contributed by atoms with Crippen LogP contribution in [-0.2, 0) is 4.79 Å². The Bertz CT molecular complexity index is 688. The lowest BCUT2D eigenvalue weighted by atomic mass is 10.3. The van der Waals surface area contributed by atoms with Gasteiger partial charge in [-0.25, -0.2) is 0 Å². The lowest BCUT2D eigenvalue weighted by molar-refractivity contribution is -0.125. The predicted octanol–water partition coefficient (Wildman–Crippen LogP) is 2.24. The summed E-state index contributed by atoms with van der Waals surface area (Å²) >= 11 is 1.60. The molecule has 7 heteroatoms. The molecule has 1 aliphatic heterocycles. The van der Waals surface area contributed by atoms with Crippen LogP contribution in [0.25, 0.3) is 6.08 Å². The number of thiophene rings is 1. The first-order chi connectivity index (χ1) is 11.2. The monoisotopic (exact) mass is 331 g/mol. The van der Waals surface area contributed by atoms with Crippen LogP contribution < -0.4 is 9.47 Å². The average molecular weight is 331 g/mol. The van der Waals surface area contributed by atoms with Crippen molar-refractivity contribution >= 4 is 23.3 Å². The van der Waals surface area contributed by atoms with E-state index in [-0.39, 0.29) is 12.0 Å². The van der Waals surface area contributed by atoms with Gasteiger partial charge in [0.1, 0.15) is 6.10 Å². The van der Waals surface area contributed by atoms with E-state index >= 15 is 0 Å². The van der Waals surface area contributed by atoms with E-state index in [1.165, 1.54) is 13.3 Å². The molecule has 1 amide bonds. The highest BCUT2D eigenvalue weighted by Gasteiger charge is 2.26. The van der Waals surface area contributed by atoms with Crippen molar-refractivity contribution in [1.82, 2.24) is 14.9 Å². The molecule has 1 aliphatic rings. The molecule has 0 bridgehead atoms. The van der Waals surface area contributed by atoms with Crippen LogP contribution in [0.15, 0.2) is 36.0 Å². The third-order valence-electron chi connectivity index (χ3n) is 3.48. The number of hydrogen-bond donors (Lipinski definition) is 0. The summed E-state index contributed by atoms with van der Waals surface area (Å²) in [5, 5.41) is 1.99. The van der Waals surface area contributed by atoms with Crippen LogP contribution in [0.4, 0.5) is 0 Å². The number of likely N-dealkylation sites (tertiary alicyclic amines) is 1. The Labute approximate surface area is 138 Å². The number of hydrogen-bond acceptors (Lipinski definition) is 6. The predicted molar refractivity (Wildman–Crippen MR) is 87.6 cm³/mol. The summed E-state index contributed by atoms with van der Waals surface area (Å²) in [6.45, 7) is 1.22. The second kappa shape index (κ2) is 7.23. The van der Waals surface area contributed by atoms with Crippen LogP contribution in [0.2, 0.25) is 0 Å². The van der Waals surface area contributed by atoms with E-state index < -0.39 is 0 Å². The summed E-state index contributed by atoms with van der Waals surface area (Å²) in [5.41, 5.74) is 0. The molecule has 3 rings (SSSR count). The van der Waals surface area contributed by atoms with Gasteiger partial charge in [0.05, 0.1) is 26.0 Å². The topological polar surface area (TPSA) is 64.6 Å². The Hall–Kier alpha value is -2.41. The summed E-state index contributed by atoms with van der Waals surface area (Å²) in [6, 6.07) is 3.94. The summed E-state index contributed by atoms with van der Waals surface area (Å²) in [4.78, 5) is 23.2. The van der Waals surface area contributed by atoms with Crippen LogP contribution in [0, 0.1) is 0 Å². The van der Waals surface area contributed by atoms with Crippen LogP contribution in [-0.4, -0.2) is 47.1 Å². The molecule has 3 heterocycles. The van der Waals surface area contributed by atoms with Gasteiger partial charge in [-0.1, -0.05) is 6.07 Å². The van der Waals surface area contributed by atoms with Gasteiger partial charge in [0.2, 0.25) is 17.7 Å². The maximum absolute atomic E-state index is 12.2. The number of methoxy groups -OCH3 is 1. The van der Waals surface area contributed by atoms with E-state index in [0.717, 1.165) is 11.3 Å². The third-order valence-corrected chi connectivity index (χ3v) is 4.31. The summed E-state index contributed by atoms with van der Waals surface area (Å²) in [6.07, 6.45) is 7.22. The van der Waals surface area contributed by atoms with Crippen molar-refractivity contribution in [2.45, 2.75) is 12.5 Å². The molecule has 0 N–H and O–H groups in total. The highest BCUT2D eigenvalue weighted by Crippen LogP contribution is 2.18. The van der Waals surface area contributed by atoms with Gasteiger partial charge in [-0.05, 0) is 17.5 Å². The van der Waals surface area contributed by atoms with Gasteiger partial charge in [-0.2, -0.15) is 4.98 Å². The first kappa shape index (κ1) is 15.5. The number of aromatic nitrogens is 2. The van der Waals surface area contributed by atoms with Crippen molar-refractivity contribution in [2.24, 2.45) is 0 Å². The number of amides is 1. The Morgan fingerprint density at radius 2 is 2.30 bits per heavy atom. The van der Waals surface area contributed by atoms with Gasteiger partial charge < -0.3 is 14.4 Å². The SMILES string of the molecule is COc1cncc(O[C@H]2CCN(C(=O)/C=C/c3cccs3)C2)n1. The second-order valence-electron chi connectivity index (χ2n) is 5.06. The van der Waals surface area contributed by atoms with Gasteiger partial charge in [0.25, 0.3) is 0 Å². The van der Waals surface area contributed by atoms with Crippen molar-refractivity contribution < 1.29 is 14.3 Å². The van der Waals surface area contributed by atoms with Gasteiger partial charge in [-0.3, -0.25) is 9.78 Å². The van der Waals surface area contributed by atoms with Crippen molar-refractivity contribution in [3.63, 3.8) is 0 Å². The normalized spacial score (nSPS) is 17.6. The molecule has 1 saturated heterocycles. The molecule has 0 aliphatic carbocycles. The fraction of sp³-hybridized carbons (Fsp3) is 0.312. The van der Waals surface area contributed by atoms with Gasteiger partial charge in [0.15, 0.2) is 0 Å². The van der Waals surface area contributed by atoms with Crippen molar-refractivity contribution in [2.75, 3.05) is 20.2 Å². The molecular weight excluding hydrogens is 314 g/mol. The fourth-order valence-corrected chi connectivity index (χ4v) is 2.94. The molecule has 1 fully saturated rings. The summed E-state index contributed by atoms with van der Waals surface area (Å²) in [5.74, 6) is 0.825. The third kappa shape index (κ3) is 4.07. The standard InChI is InChI=1S/C16H17N3O3S/c1-21-14-9-17-10-15(18-14)22-12-6-7-19(11-12)16(20)5-4-13-3-2-8-23-13/h2-5,8-10,12H,6-7,11H2,1H3/b5-4+/t12-/m0/s1. The molecule has 23 heavy (non-hydrogen) atoms. The smallest absolute Gasteiger partial charge is 0.246 e. The Kier molecular flexibility index (Phi) is 4.87. The highest BCUT2D eigenvalue weighted by atomic mass is 32.1. The van der Waals surface area contributed by atoms with Crippen LogP contribution in [0.3, 0.4) is 0 Å². The highest BCUT2D eigenvalue weighted by molar-refractivity contribution is 7.10. The largest absolute Gasteiger partial charge is 0.480 e. The minimum absolute atomic E-state index is 0.00114. The Morgan fingerprint density at radius 3 is 3.09 bits per heavy atom. The minimum Gasteiger partial charge on any atom is -0.480 e. The van der Waals surface area contributed by atoms with E-state index in [2.05, 4.69) is 9.97 Å². The lowest BCUT2D eigenvalue weighted by Crippen LogP contribution is -2.29. The lowest BCUT2D eigenvalue weighted by Gasteiger charge is -2.15. The Morgan fingerprint density at radius 1 is 1.43 bits per heavy atom. The van der Waals surface area contributed by atoms with E-state index in [1.807, 2.05) is 23.6 Å². The molecule has 2 aromatic rings. The number of carbonyl (C=O) groups is 1. The fourth-order valence-electron chi connectivity index (χ4n) is 2.33. The zero-order valence-corrected chi connectivity index (χ0v) is 13.5. The molecule has 0 saturated carbocycles. The number of carbonyl (C=O) groups excluding carboxylic acids is 1. The van der Waals surface area contributed by atoms with Crippen molar-refractivity contribution in [3.8, 4) is 11.8 Å². The molecule has 120 valence electrons. The van der Waals surface area contributed by atoms with Crippen LogP contribution >= 0.6 is 11.3 Å². The van der Waals surface area contributed by atoms with E-state index in [9.17, 15) is 4.79 Å². The molecule has 0 radical (unpaired) electrons. The van der Waals surface area contributed by atoms with Gasteiger partial charge in [0, 0.05) is 23.9 Å². The van der Waals surface area contributed by atoms with Gasteiger partial charge >= 0.3 is 0 Å². The average Bonchev–Trinajstić information content (AvgIpc) is 3.24. The van der Waals surface area contributed by atoms with E-state index in [1.54, 1.807) is 28.5 Å². The first-order valence-corrected chi connectivity index (χ1v) is 8.16. The second-order valence-corrected chi connectivity index (χ2v) is 6.04. The zero-order chi connectivity index (χ0) is 16.1. The molecule has 0 unspecified atom stereocenters. The summed E-state index contributed by atoms with van der Waals surface area (Å²) in [7, 11) is 1.53. The first-order valence-electron chi connectivity index (χ1n) is 7.28. The number of nitrogens with zero attached hydrogens (tertiary/aromatic N) is 3. The maximum Gasteiger partial charge on any atom is 0.246 e. The van der Waals surface area contributed by atoms with Crippen molar-refractivity contribution in [1.29, 1.82) is 0 Å². The van der Waals surface area contributed by atoms with E-state index in [0.29, 0.717) is 24.8 Å². The maximum atomic E-state index is 12.2. The Balaban J connectivity index is 1.54. The number of rotatable bonds is 5. The quantitative estimate of drug-likeness (QED) is 0.786. The molecule has 1 atom stereocenters. The minimum atomic E-state index is -0.0736. The molecule has 0 aromatic carbocycles. The zero-order valence-electron chi connectivity index (χ0n) is 12.7.